The van der Waals surface area contributed by atoms with E-state index in [9.17, 15) is 24.6 Å². The van der Waals surface area contributed by atoms with Crippen molar-refractivity contribution in [1.82, 2.24) is 16.1 Å². The summed E-state index contributed by atoms with van der Waals surface area (Å²) in [5, 5.41) is 29.0. The molecule has 0 radical (unpaired) electrons. The summed E-state index contributed by atoms with van der Waals surface area (Å²) >= 11 is 6.06. The van der Waals surface area contributed by atoms with Crippen molar-refractivity contribution in [1.29, 1.82) is 0 Å². The average molecular weight is 645 g/mol. The number of nitrogens with one attached hydrogen (secondary N) is 3. The number of rotatable bonds is 14. The van der Waals surface area contributed by atoms with Crippen LogP contribution in [0.2, 0.25) is 5.02 Å². The molecule has 0 spiro atoms. The number of carbonyl (C=O) groups is 3. The molecule has 0 aromatic heterocycles. The number of aliphatic hydroxyl groups is 1. The molecule has 0 aliphatic carbocycles. The van der Waals surface area contributed by atoms with Gasteiger partial charge in [0.25, 0.3) is 5.91 Å². The molecule has 2 atom stereocenters. The Labute approximate surface area is 270 Å². The molecular formula is C34H33ClN4O7. The van der Waals surface area contributed by atoms with Crippen LogP contribution in [0.4, 0.5) is 4.79 Å². The van der Waals surface area contributed by atoms with E-state index >= 15 is 0 Å². The van der Waals surface area contributed by atoms with E-state index in [1.54, 1.807) is 72.8 Å². The second-order valence-electron chi connectivity index (χ2n) is 10.1. The monoisotopic (exact) mass is 644 g/mol. The molecule has 0 bridgehead atoms. The van der Waals surface area contributed by atoms with E-state index in [0.29, 0.717) is 21.9 Å². The molecule has 3 amide bonds. The van der Waals surface area contributed by atoms with E-state index < -0.39 is 36.6 Å². The van der Waals surface area contributed by atoms with Gasteiger partial charge < -0.3 is 30.3 Å². The van der Waals surface area contributed by atoms with E-state index in [1.165, 1.54) is 18.3 Å². The van der Waals surface area contributed by atoms with Crippen LogP contribution < -0.4 is 20.8 Å². The standard InChI is InChI=1S/C34H33ClN4O7/c35-27-11-6-9-25(17-27)22-45-31-12-5-4-10-26(31)19-36-39-33(43)29(18-23-13-15-28(41)16-14-23)37-32(42)30(20-40)38-34(44)46-21-24-7-2-1-3-8-24/h1-17,19,29-30,40-41H,18,20-22H2,(H,37,42)(H,38,44)(H,39,43)/b36-19-/t29-,30-/m0/s1. The van der Waals surface area contributed by atoms with Crippen molar-refractivity contribution in [3.8, 4) is 11.5 Å². The zero-order chi connectivity index (χ0) is 32.7. The summed E-state index contributed by atoms with van der Waals surface area (Å²) in [6.07, 6.45) is 0.507. The molecule has 0 saturated heterocycles. The van der Waals surface area contributed by atoms with Crippen LogP contribution in [0, 0.1) is 0 Å². The Balaban J connectivity index is 1.40. The molecule has 12 heteroatoms. The number of hydrogen-bond acceptors (Lipinski definition) is 8. The number of phenols is 1. The first-order valence-corrected chi connectivity index (χ1v) is 14.6. The maximum atomic E-state index is 13.3. The zero-order valence-corrected chi connectivity index (χ0v) is 25.4. The summed E-state index contributed by atoms with van der Waals surface area (Å²) in [4.78, 5) is 38.6. The number of amides is 3. The summed E-state index contributed by atoms with van der Waals surface area (Å²) in [6.45, 7) is -0.520. The first-order valence-electron chi connectivity index (χ1n) is 14.3. The number of halogens is 1. The van der Waals surface area contributed by atoms with Crippen LogP contribution in [0.15, 0.2) is 108 Å². The van der Waals surface area contributed by atoms with E-state index in [2.05, 4.69) is 21.2 Å². The number of alkyl carbamates (subject to hydrolysis) is 1. The predicted octanol–water partition coefficient (Wildman–Crippen LogP) is 4.09. The SMILES string of the molecule is O=C(N[C@@H](CO)C(=O)N[C@@H](Cc1ccc(O)cc1)C(=O)N/N=C\c1ccccc1OCc1cccc(Cl)c1)OCc1ccccc1. The number of nitrogens with zero attached hydrogens (tertiary/aromatic N) is 1. The highest BCUT2D eigenvalue weighted by Gasteiger charge is 2.27. The molecule has 4 aromatic carbocycles. The summed E-state index contributed by atoms with van der Waals surface area (Å²) in [5.74, 6) is -0.932. The first-order chi connectivity index (χ1) is 22.3. The molecule has 11 nitrogen and oxygen atoms in total. The van der Waals surface area contributed by atoms with Crippen molar-refractivity contribution < 1.29 is 34.1 Å². The fraction of sp³-hybridized carbons (Fsp3) is 0.176. The third-order valence-corrected chi connectivity index (χ3v) is 6.83. The van der Waals surface area contributed by atoms with Gasteiger partial charge in [-0.1, -0.05) is 78.3 Å². The fourth-order valence-electron chi connectivity index (χ4n) is 4.20. The number of hydrazone groups is 1. The van der Waals surface area contributed by atoms with E-state index in [0.717, 1.165) is 11.1 Å². The Morgan fingerprint density at radius 2 is 1.50 bits per heavy atom. The van der Waals surface area contributed by atoms with E-state index in [1.807, 2.05) is 18.2 Å². The van der Waals surface area contributed by atoms with E-state index in [-0.39, 0.29) is 25.4 Å². The number of para-hydroxylation sites is 1. The number of aliphatic hydroxyl groups excluding tert-OH is 1. The Bertz CT molecular complexity index is 1630. The third-order valence-electron chi connectivity index (χ3n) is 6.59. The molecule has 0 aliphatic rings. The number of phenolic OH excluding ortho intramolecular Hbond substituents is 1. The Morgan fingerprint density at radius 3 is 2.24 bits per heavy atom. The summed E-state index contributed by atoms with van der Waals surface area (Å²) < 4.78 is 11.1. The second kappa shape index (κ2) is 17.2. The Hall–Kier alpha value is -5.39. The molecule has 5 N–H and O–H groups in total. The summed E-state index contributed by atoms with van der Waals surface area (Å²) in [7, 11) is 0. The second-order valence-corrected chi connectivity index (χ2v) is 10.5. The van der Waals surface area contributed by atoms with Crippen LogP contribution in [0.3, 0.4) is 0 Å². The predicted molar refractivity (Wildman–Crippen MR) is 172 cm³/mol. The molecule has 0 aliphatic heterocycles. The highest BCUT2D eigenvalue weighted by atomic mass is 35.5. The van der Waals surface area contributed by atoms with Gasteiger partial charge in [0.2, 0.25) is 5.91 Å². The summed E-state index contributed by atoms with van der Waals surface area (Å²) in [6, 6.07) is 26.9. The van der Waals surface area contributed by atoms with E-state index in [4.69, 9.17) is 21.1 Å². The van der Waals surface area contributed by atoms with Crippen molar-refractivity contribution >= 4 is 35.7 Å². The minimum absolute atomic E-state index is 0.0172. The summed E-state index contributed by atoms with van der Waals surface area (Å²) in [5.41, 5.74) is 5.26. The number of hydrogen-bond donors (Lipinski definition) is 5. The van der Waals surface area contributed by atoms with Gasteiger partial charge in [0, 0.05) is 17.0 Å². The minimum atomic E-state index is -1.40. The van der Waals surface area contributed by atoms with Crippen LogP contribution in [-0.4, -0.2) is 53.0 Å². The van der Waals surface area contributed by atoms with Gasteiger partial charge in [-0.25, -0.2) is 10.2 Å². The molecule has 4 rings (SSSR count). The average Bonchev–Trinajstić information content (AvgIpc) is 3.07. The topological polar surface area (TPSA) is 159 Å². The largest absolute Gasteiger partial charge is 0.508 e. The minimum Gasteiger partial charge on any atom is -0.508 e. The van der Waals surface area contributed by atoms with Crippen LogP contribution in [-0.2, 0) is 34.0 Å². The van der Waals surface area contributed by atoms with Crippen LogP contribution >= 0.6 is 11.6 Å². The third kappa shape index (κ3) is 10.7. The lowest BCUT2D eigenvalue weighted by Crippen LogP contribution is -2.55. The van der Waals surface area contributed by atoms with Crippen molar-refractivity contribution in [3.63, 3.8) is 0 Å². The number of ether oxygens (including phenoxy) is 2. The lowest BCUT2D eigenvalue weighted by Gasteiger charge is -2.21. The fourth-order valence-corrected chi connectivity index (χ4v) is 4.41. The van der Waals surface area contributed by atoms with Gasteiger partial charge >= 0.3 is 6.09 Å². The first kappa shape index (κ1) is 33.5. The lowest BCUT2D eigenvalue weighted by molar-refractivity contribution is -0.130. The van der Waals surface area contributed by atoms with Gasteiger partial charge in [-0.2, -0.15) is 5.10 Å². The Kier molecular flexibility index (Phi) is 12.5. The maximum Gasteiger partial charge on any atom is 0.408 e. The van der Waals surface area contributed by atoms with Crippen molar-refractivity contribution in [2.75, 3.05) is 6.61 Å². The molecular weight excluding hydrogens is 612 g/mol. The Morgan fingerprint density at radius 1 is 0.783 bits per heavy atom. The van der Waals surface area contributed by atoms with Crippen molar-refractivity contribution in [2.24, 2.45) is 5.10 Å². The van der Waals surface area contributed by atoms with Crippen LogP contribution in [0.1, 0.15) is 22.3 Å². The van der Waals surface area contributed by atoms with Gasteiger partial charge in [-0.3, -0.25) is 9.59 Å². The molecule has 0 saturated carbocycles. The maximum absolute atomic E-state index is 13.3. The van der Waals surface area contributed by atoms with Gasteiger partial charge in [0.15, 0.2) is 0 Å². The molecule has 46 heavy (non-hydrogen) atoms. The van der Waals surface area contributed by atoms with Crippen molar-refractivity contribution in [2.45, 2.75) is 31.7 Å². The smallest absolute Gasteiger partial charge is 0.408 e. The highest BCUT2D eigenvalue weighted by Crippen LogP contribution is 2.19. The quantitative estimate of drug-likeness (QED) is 0.102. The van der Waals surface area contributed by atoms with Crippen LogP contribution in [0.5, 0.6) is 11.5 Å². The number of aromatic hydroxyl groups is 1. The van der Waals surface area contributed by atoms with Gasteiger partial charge in [-0.15, -0.1) is 0 Å². The van der Waals surface area contributed by atoms with Gasteiger partial charge in [-0.05, 0) is 53.1 Å². The molecule has 238 valence electrons. The van der Waals surface area contributed by atoms with Gasteiger partial charge in [0.05, 0.1) is 12.8 Å². The van der Waals surface area contributed by atoms with Crippen molar-refractivity contribution in [3.05, 3.63) is 130 Å². The molecule has 0 heterocycles. The highest BCUT2D eigenvalue weighted by molar-refractivity contribution is 6.30. The number of carbonyl (C=O) groups excluding carboxylic acids is 3. The van der Waals surface area contributed by atoms with Crippen LogP contribution in [0.25, 0.3) is 0 Å². The zero-order valence-electron chi connectivity index (χ0n) is 24.6. The molecule has 4 aromatic rings. The number of benzene rings is 4. The molecule has 0 unspecified atom stereocenters. The normalized spacial score (nSPS) is 12.1. The lowest BCUT2D eigenvalue weighted by atomic mass is 10.0. The molecule has 0 fully saturated rings. The van der Waals surface area contributed by atoms with Gasteiger partial charge in [0.1, 0.15) is 36.8 Å².